The summed E-state index contributed by atoms with van der Waals surface area (Å²) in [5.41, 5.74) is 5.25. The zero-order valence-corrected chi connectivity index (χ0v) is 19.2. The van der Waals surface area contributed by atoms with E-state index < -0.39 is 5.97 Å². The Kier molecular flexibility index (Phi) is 7.59. The van der Waals surface area contributed by atoms with Crippen LogP contribution in [0.15, 0.2) is 29.4 Å². The first-order chi connectivity index (χ1) is 15.9. The van der Waals surface area contributed by atoms with Crippen molar-refractivity contribution < 1.29 is 24.3 Å². The molecule has 0 bridgehead atoms. The van der Waals surface area contributed by atoms with Crippen LogP contribution in [-0.2, 0) is 19.2 Å². The summed E-state index contributed by atoms with van der Waals surface area (Å²) in [7, 11) is 0. The minimum atomic E-state index is -0.912. The van der Waals surface area contributed by atoms with Crippen molar-refractivity contribution in [2.24, 2.45) is 5.10 Å². The van der Waals surface area contributed by atoms with Crippen LogP contribution in [0, 0.1) is 0 Å². The summed E-state index contributed by atoms with van der Waals surface area (Å²) in [6.45, 7) is 7.33. The number of hydrogen-bond donors (Lipinski definition) is 2. The lowest BCUT2D eigenvalue weighted by Gasteiger charge is -2.34. The number of amides is 1. The number of nitrogens with zero attached hydrogens (tertiary/aromatic N) is 4. The van der Waals surface area contributed by atoms with Crippen molar-refractivity contribution in [3.8, 4) is 0 Å². The lowest BCUT2D eigenvalue weighted by molar-refractivity contribution is -0.143. The Labute approximate surface area is 194 Å². The van der Waals surface area contributed by atoms with Crippen molar-refractivity contribution in [2.45, 2.75) is 44.6 Å². The second kappa shape index (κ2) is 10.6. The van der Waals surface area contributed by atoms with Crippen LogP contribution < -0.4 is 5.48 Å². The molecule has 10 heteroatoms. The average Bonchev–Trinajstić information content (AvgIpc) is 3.22. The maximum atomic E-state index is 12.4. The van der Waals surface area contributed by atoms with E-state index in [1.807, 2.05) is 23.4 Å². The number of carbonyl (C=O) groups is 2. The molecular weight excluding hydrogens is 426 g/mol. The molecule has 4 unspecified atom stereocenters. The number of carbonyl (C=O) groups excluding carboxylic acids is 1. The van der Waals surface area contributed by atoms with Gasteiger partial charge in [-0.3, -0.25) is 24.3 Å². The summed E-state index contributed by atoms with van der Waals surface area (Å²) in [6.07, 6.45) is 2.90. The summed E-state index contributed by atoms with van der Waals surface area (Å²) in [5.74, 6) is -0.966. The van der Waals surface area contributed by atoms with E-state index in [1.165, 1.54) is 0 Å². The number of hydrazone groups is 1. The minimum absolute atomic E-state index is 0.0535. The first-order valence-corrected chi connectivity index (χ1v) is 11.5. The standard InChI is InChI=1S/C23H33N5O5/c1-16-11-28(12-17(2)32-16)24-10-18-3-5-19(6-4-18)21-9-20(33-25-21)13-27-8-7-26(14-22(27)29)15-23(30)31/h3-6,10,16-17,20-21,25H,7-9,11-15H2,1-2H3,(H,30,31). The molecular formula is C23H33N5O5. The average molecular weight is 460 g/mol. The van der Waals surface area contributed by atoms with Crippen LogP contribution >= 0.6 is 0 Å². The largest absolute Gasteiger partial charge is 0.480 e. The van der Waals surface area contributed by atoms with Crippen LogP contribution in [0.1, 0.15) is 37.4 Å². The van der Waals surface area contributed by atoms with Crippen LogP contribution in [0.3, 0.4) is 0 Å². The number of piperazine rings is 1. The number of hydroxylamine groups is 1. The third-order valence-corrected chi connectivity index (χ3v) is 6.17. The highest BCUT2D eigenvalue weighted by atomic mass is 16.7. The highest BCUT2D eigenvalue weighted by Crippen LogP contribution is 2.26. The Balaban J connectivity index is 1.25. The highest BCUT2D eigenvalue weighted by Gasteiger charge is 2.32. The fourth-order valence-electron chi connectivity index (χ4n) is 4.58. The van der Waals surface area contributed by atoms with Gasteiger partial charge in [0.15, 0.2) is 0 Å². The van der Waals surface area contributed by atoms with Gasteiger partial charge in [0.05, 0.1) is 56.7 Å². The SMILES string of the molecule is CC1CN(N=Cc2ccc(C3CC(CN4CCN(CC(=O)O)CC4=O)ON3)cc2)CC(C)O1. The number of hydrogen-bond acceptors (Lipinski definition) is 8. The molecule has 1 aromatic carbocycles. The third-order valence-electron chi connectivity index (χ3n) is 6.17. The van der Waals surface area contributed by atoms with Gasteiger partial charge in [-0.1, -0.05) is 24.3 Å². The molecule has 1 aromatic rings. The molecule has 1 amide bonds. The lowest BCUT2D eigenvalue weighted by Crippen LogP contribution is -2.53. The predicted molar refractivity (Wildman–Crippen MR) is 122 cm³/mol. The van der Waals surface area contributed by atoms with Gasteiger partial charge in [0.1, 0.15) is 0 Å². The topological polar surface area (TPSA) is 107 Å². The summed E-state index contributed by atoms with van der Waals surface area (Å²) >= 11 is 0. The van der Waals surface area contributed by atoms with Crippen LogP contribution in [0.25, 0.3) is 0 Å². The molecule has 33 heavy (non-hydrogen) atoms. The molecule has 4 rings (SSSR count). The number of benzene rings is 1. The van der Waals surface area contributed by atoms with Crippen molar-refractivity contribution in [2.75, 3.05) is 45.8 Å². The van der Waals surface area contributed by atoms with E-state index in [9.17, 15) is 9.59 Å². The van der Waals surface area contributed by atoms with Gasteiger partial charge in [0.2, 0.25) is 5.91 Å². The highest BCUT2D eigenvalue weighted by molar-refractivity contribution is 5.80. The van der Waals surface area contributed by atoms with Gasteiger partial charge >= 0.3 is 5.97 Å². The Hall–Kier alpha value is -2.53. The van der Waals surface area contributed by atoms with Crippen LogP contribution in [0.5, 0.6) is 0 Å². The maximum Gasteiger partial charge on any atom is 0.317 e. The van der Waals surface area contributed by atoms with Gasteiger partial charge in [0, 0.05) is 19.6 Å². The molecule has 180 valence electrons. The zero-order valence-electron chi connectivity index (χ0n) is 19.2. The van der Waals surface area contributed by atoms with E-state index >= 15 is 0 Å². The Morgan fingerprint density at radius 1 is 1.21 bits per heavy atom. The number of nitrogens with one attached hydrogen (secondary N) is 1. The van der Waals surface area contributed by atoms with Gasteiger partial charge in [0.25, 0.3) is 0 Å². The van der Waals surface area contributed by atoms with Gasteiger partial charge in [-0.2, -0.15) is 10.6 Å². The summed E-state index contributed by atoms with van der Waals surface area (Å²) in [5, 5.41) is 15.6. The first-order valence-electron chi connectivity index (χ1n) is 11.5. The summed E-state index contributed by atoms with van der Waals surface area (Å²) < 4.78 is 5.74. The molecule has 0 aliphatic carbocycles. The number of aliphatic carboxylic acids is 1. The molecule has 3 aliphatic rings. The number of carboxylic acid groups (broad SMARTS) is 1. The molecule has 2 N–H and O–H groups in total. The van der Waals surface area contributed by atoms with Gasteiger partial charge in [-0.05, 0) is 31.4 Å². The molecule has 0 radical (unpaired) electrons. The second-order valence-corrected chi connectivity index (χ2v) is 9.13. The predicted octanol–water partition coefficient (Wildman–Crippen LogP) is 0.693. The first kappa shape index (κ1) is 23.6. The molecule has 3 heterocycles. The molecule has 3 saturated heterocycles. The lowest BCUT2D eigenvalue weighted by atomic mass is 10.0. The van der Waals surface area contributed by atoms with E-state index in [4.69, 9.17) is 14.7 Å². The molecule has 3 aliphatic heterocycles. The van der Waals surface area contributed by atoms with Crippen molar-refractivity contribution in [3.63, 3.8) is 0 Å². The normalized spacial score (nSPS) is 29.2. The van der Waals surface area contributed by atoms with Gasteiger partial charge < -0.3 is 14.7 Å². The van der Waals surface area contributed by atoms with Crippen molar-refractivity contribution in [1.29, 1.82) is 0 Å². The number of carboxylic acids is 1. The van der Waals surface area contributed by atoms with E-state index in [-0.39, 0.29) is 43.4 Å². The Morgan fingerprint density at radius 2 is 1.94 bits per heavy atom. The maximum absolute atomic E-state index is 12.4. The Bertz CT molecular complexity index is 853. The summed E-state index contributed by atoms with van der Waals surface area (Å²) in [6, 6.07) is 8.31. The molecule has 4 atom stereocenters. The molecule has 3 fully saturated rings. The Morgan fingerprint density at radius 3 is 2.61 bits per heavy atom. The van der Waals surface area contributed by atoms with Gasteiger partial charge in [-0.15, -0.1) is 0 Å². The quantitative estimate of drug-likeness (QED) is 0.574. The number of ether oxygens (including phenoxy) is 1. The van der Waals surface area contributed by atoms with Crippen molar-refractivity contribution >= 4 is 18.1 Å². The molecule has 0 spiro atoms. The van der Waals surface area contributed by atoms with E-state index in [0.29, 0.717) is 19.6 Å². The molecule has 10 nitrogen and oxygen atoms in total. The number of morpholine rings is 1. The smallest absolute Gasteiger partial charge is 0.317 e. The van der Waals surface area contributed by atoms with Crippen LogP contribution in [0.4, 0.5) is 0 Å². The van der Waals surface area contributed by atoms with Crippen LogP contribution in [-0.4, -0.2) is 102 Å². The summed E-state index contributed by atoms with van der Waals surface area (Å²) in [4.78, 5) is 32.4. The fourth-order valence-corrected chi connectivity index (χ4v) is 4.58. The minimum Gasteiger partial charge on any atom is -0.480 e. The van der Waals surface area contributed by atoms with Crippen molar-refractivity contribution in [1.82, 2.24) is 20.3 Å². The van der Waals surface area contributed by atoms with Gasteiger partial charge in [-0.25, -0.2) is 0 Å². The second-order valence-electron chi connectivity index (χ2n) is 9.13. The molecule has 0 saturated carbocycles. The van der Waals surface area contributed by atoms with Crippen LogP contribution in [0.2, 0.25) is 0 Å². The monoisotopic (exact) mass is 459 g/mol. The zero-order chi connectivity index (χ0) is 23.4. The molecule has 0 aromatic heterocycles. The fraction of sp³-hybridized carbons (Fsp3) is 0.609. The third kappa shape index (κ3) is 6.50. The van der Waals surface area contributed by atoms with E-state index in [0.717, 1.165) is 30.6 Å². The van der Waals surface area contributed by atoms with E-state index in [2.05, 4.69) is 36.6 Å². The number of rotatable bonds is 7. The van der Waals surface area contributed by atoms with E-state index in [1.54, 1.807) is 9.80 Å². The van der Waals surface area contributed by atoms with Crippen molar-refractivity contribution in [3.05, 3.63) is 35.4 Å².